The third kappa shape index (κ3) is 4.32. The van der Waals surface area contributed by atoms with Crippen molar-refractivity contribution < 1.29 is 24.5 Å². The normalized spacial score (nSPS) is 24.0. The Morgan fingerprint density at radius 1 is 1.52 bits per heavy atom. The van der Waals surface area contributed by atoms with Crippen LogP contribution in [0.4, 0.5) is 0 Å². The second-order valence-electron chi connectivity index (χ2n) is 5.85. The van der Waals surface area contributed by atoms with Crippen molar-refractivity contribution in [3.63, 3.8) is 0 Å². The first-order valence-corrected chi connectivity index (χ1v) is 7.59. The number of aromatic amines is 1. The number of carbonyl (C=O) groups excluding carboxylic acids is 1. The van der Waals surface area contributed by atoms with Crippen LogP contribution >= 0.6 is 0 Å². The fourth-order valence-corrected chi connectivity index (χ4v) is 2.59. The van der Waals surface area contributed by atoms with E-state index in [-0.39, 0.29) is 6.42 Å². The highest BCUT2D eigenvalue weighted by molar-refractivity contribution is 5.86. The average molecular weight is 356 g/mol. The summed E-state index contributed by atoms with van der Waals surface area (Å²) in [5.74, 6) is -1.91. The number of carboxylic acids is 1. The first-order valence-electron chi connectivity index (χ1n) is 7.59. The lowest BCUT2D eigenvalue weighted by Gasteiger charge is -2.19. The van der Waals surface area contributed by atoms with Crippen molar-refractivity contribution in [2.45, 2.75) is 44.2 Å². The van der Waals surface area contributed by atoms with Crippen LogP contribution in [0.15, 0.2) is 15.8 Å². The maximum absolute atomic E-state index is 12.0. The Labute approximate surface area is 141 Å². The number of hydrogen-bond donors (Lipinski definition) is 5. The van der Waals surface area contributed by atoms with E-state index in [9.17, 15) is 24.3 Å². The number of aryl methyl sites for hydroxylation is 1. The fraction of sp³-hybridized carbons (Fsp3) is 0.571. The molecule has 138 valence electrons. The van der Waals surface area contributed by atoms with Gasteiger partial charge in [0.1, 0.15) is 12.3 Å². The van der Waals surface area contributed by atoms with Crippen LogP contribution < -0.4 is 22.3 Å². The zero-order valence-corrected chi connectivity index (χ0v) is 13.5. The molecule has 2 heterocycles. The predicted octanol–water partition coefficient (Wildman–Crippen LogP) is -2.59. The summed E-state index contributed by atoms with van der Waals surface area (Å²) in [6.45, 7) is 1.10. The molecule has 1 aliphatic heterocycles. The number of carboxylic acid groups (broad SMARTS) is 1. The Hall–Kier alpha value is -2.50. The van der Waals surface area contributed by atoms with Crippen LogP contribution in [0, 0.1) is 6.92 Å². The lowest BCUT2D eigenvalue weighted by Crippen LogP contribution is -2.49. The Balaban J connectivity index is 2.14. The van der Waals surface area contributed by atoms with Gasteiger partial charge in [0.2, 0.25) is 5.91 Å². The Bertz CT molecular complexity index is 771. The van der Waals surface area contributed by atoms with Crippen LogP contribution in [0.5, 0.6) is 0 Å². The molecule has 0 aliphatic carbocycles. The number of carbonyl (C=O) groups is 2. The number of aliphatic carboxylic acids is 1. The minimum Gasteiger partial charge on any atom is -0.481 e. The van der Waals surface area contributed by atoms with Crippen LogP contribution in [0.25, 0.3) is 0 Å². The van der Waals surface area contributed by atoms with E-state index < -0.39 is 60.6 Å². The van der Waals surface area contributed by atoms with E-state index >= 15 is 0 Å². The largest absolute Gasteiger partial charge is 0.481 e. The number of nitrogens with two attached hydrogens (primary N) is 1. The number of nitrogens with zero attached hydrogens (tertiary/aromatic N) is 1. The van der Waals surface area contributed by atoms with Crippen LogP contribution in [0.3, 0.4) is 0 Å². The molecule has 11 nitrogen and oxygen atoms in total. The van der Waals surface area contributed by atoms with Crippen molar-refractivity contribution in [1.29, 1.82) is 0 Å². The quantitative estimate of drug-likeness (QED) is 0.369. The maximum Gasteiger partial charge on any atom is 0.330 e. The zero-order valence-electron chi connectivity index (χ0n) is 13.5. The molecule has 0 saturated carbocycles. The number of aliphatic hydroxyl groups excluding tert-OH is 1. The van der Waals surface area contributed by atoms with Gasteiger partial charge in [0, 0.05) is 18.2 Å². The molecule has 0 radical (unpaired) electrons. The first kappa shape index (κ1) is 18.8. The summed E-state index contributed by atoms with van der Waals surface area (Å²) in [5, 5.41) is 20.6. The van der Waals surface area contributed by atoms with Crippen molar-refractivity contribution in [2.75, 3.05) is 6.61 Å². The van der Waals surface area contributed by atoms with Crippen LogP contribution in [-0.2, 0) is 14.3 Å². The average Bonchev–Trinajstić information content (AvgIpc) is 2.92. The molecule has 0 spiro atoms. The van der Waals surface area contributed by atoms with Gasteiger partial charge in [-0.05, 0) is 6.92 Å². The Morgan fingerprint density at radius 3 is 2.80 bits per heavy atom. The molecule has 4 atom stereocenters. The number of nitrogens with one attached hydrogen (secondary N) is 2. The summed E-state index contributed by atoms with van der Waals surface area (Å²) in [5.41, 5.74) is 4.62. The van der Waals surface area contributed by atoms with E-state index in [0.717, 1.165) is 0 Å². The third-order valence-electron chi connectivity index (χ3n) is 3.93. The van der Waals surface area contributed by atoms with E-state index in [0.29, 0.717) is 5.56 Å². The summed E-state index contributed by atoms with van der Waals surface area (Å²) in [6.07, 6.45) is -0.667. The zero-order chi connectivity index (χ0) is 18.7. The predicted molar refractivity (Wildman–Crippen MR) is 83.8 cm³/mol. The number of amides is 1. The molecule has 0 bridgehead atoms. The molecular weight excluding hydrogens is 336 g/mol. The molecule has 1 aromatic rings. The van der Waals surface area contributed by atoms with E-state index in [2.05, 4.69) is 10.3 Å². The van der Waals surface area contributed by atoms with Gasteiger partial charge in [-0.2, -0.15) is 0 Å². The van der Waals surface area contributed by atoms with Crippen molar-refractivity contribution in [2.24, 2.45) is 5.73 Å². The third-order valence-corrected chi connectivity index (χ3v) is 3.93. The SMILES string of the molecule is Cc1cn(C2CC(NC(=O)C(N)CC(=O)O)C(CO)O2)c(=O)[nH]c1=O. The summed E-state index contributed by atoms with van der Waals surface area (Å²) in [6, 6.07) is -1.91. The second kappa shape index (κ2) is 7.59. The first-order chi connectivity index (χ1) is 11.7. The van der Waals surface area contributed by atoms with E-state index in [4.69, 9.17) is 15.6 Å². The second-order valence-corrected chi connectivity index (χ2v) is 5.85. The lowest BCUT2D eigenvalue weighted by atomic mass is 10.1. The number of hydrogen-bond acceptors (Lipinski definition) is 7. The van der Waals surface area contributed by atoms with Gasteiger partial charge in [0.25, 0.3) is 5.56 Å². The monoisotopic (exact) mass is 356 g/mol. The Kier molecular flexibility index (Phi) is 5.72. The van der Waals surface area contributed by atoms with Gasteiger partial charge in [-0.1, -0.05) is 0 Å². The number of rotatable bonds is 6. The topological polar surface area (TPSA) is 177 Å². The van der Waals surface area contributed by atoms with Crippen molar-refractivity contribution >= 4 is 11.9 Å². The number of H-pyrrole nitrogens is 1. The lowest BCUT2D eigenvalue weighted by molar-refractivity contribution is -0.139. The van der Waals surface area contributed by atoms with Gasteiger partial charge < -0.3 is 26.0 Å². The van der Waals surface area contributed by atoms with Gasteiger partial charge >= 0.3 is 11.7 Å². The van der Waals surface area contributed by atoms with Crippen molar-refractivity contribution in [3.8, 4) is 0 Å². The highest BCUT2D eigenvalue weighted by Crippen LogP contribution is 2.27. The van der Waals surface area contributed by atoms with Crippen molar-refractivity contribution in [1.82, 2.24) is 14.9 Å². The molecule has 11 heteroatoms. The van der Waals surface area contributed by atoms with Gasteiger partial charge in [-0.25, -0.2) is 4.79 Å². The van der Waals surface area contributed by atoms with E-state index in [1.54, 1.807) is 0 Å². The van der Waals surface area contributed by atoms with Crippen LogP contribution in [0.1, 0.15) is 24.6 Å². The van der Waals surface area contributed by atoms with E-state index in [1.807, 2.05) is 0 Å². The molecule has 4 unspecified atom stereocenters. The fourth-order valence-electron chi connectivity index (χ4n) is 2.59. The molecule has 2 rings (SSSR count). The van der Waals surface area contributed by atoms with E-state index in [1.165, 1.54) is 17.7 Å². The minimum atomic E-state index is -1.24. The highest BCUT2D eigenvalue weighted by Gasteiger charge is 2.38. The molecule has 1 aliphatic rings. The van der Waals surface area contributed by atoms with Gasteiger partial charge in [0.15, 0.2) is 0 Å². The molecule has 6 N–H and O–H groups in total. The van der Waals surface area contributed by atoms with Gasteiger partial charge in [-0.3, -0.25) is 23.9 Å². The van der Waals surface area contributed by atoms with Crippen molar-refractivity contribution in [3.05, 3.63) is 32.6 Å². The van der Waals surface area contributed by atoms with Gasteiger partial charge in [0.05, 0.1) is 25.1 Å². The molecule has 25 heavy (non-hydrogen) atoms. The molecule has 1 amide bonds. The summed E-state index contributed by atoms with van der Waals surface area (Å²) in [4.78, 5) is 48.1. The molecule has 1 aromatic heterocycles. The molecule has 1 fully saturated rings. The number of aliphatic hydroxyl groups is 1. The molecular formula is C14H20N4O7. The molecule has 1 saturated heterocycles. The Morgan fingerprint density at radius 2 is 2.20 bits per heavy atom. The summed E-state index contributed by atoms with van der Waals surface area (Å²) < 4.78 is 6.74. The minimum absolute atomic E-state index is 0.141. The standard InChI is InChI=1S/C14H20N4O7/c1-6-4-18(14(24)17-12(6)22)10-3-8(9(5-19)25-10)16-13(23)7(15)2-11(20)21/h4,7-10,19H,2-3,5,15H2,1H3,(H,16,23)(H,20,21)(H,17,22,24). The maximum atomic E-state index is 12.0. The highest BCUT2D eigenvalue weighted by atomic mass is 16.5. The van der Waals surface area contributed by atoms with Crippen LogP contribution in [0.2, 0.25) is 0 Å². The number of ether oxygens (including phenoxy) is 1. The van der Waals surface area contributed by atoms with Crippen LogP contribution in [-0.4, -0.2) is 56.4 Å². The molecule has 0 aromatic carbocycles. The summed E-state index contributed by atoms with van der Waals surface area (Å²) in [7, 11) is 0. The number of aromatic nitrogens is 2. The smallest absolute Gasteiger partial charge is 0.330 e. The summed E-state index contributed by atoms with van der Waals surface area (Å²) >= 11 is 0. The van der Waals surface area contributed by atoms with Gasteiger partial charge in [-0.15, -0.1) is 0 Å².